The minimum atomic E-state index is -0.996. The fraction of sp³-hybridized carbons (Fsp3) is 0.417. The summed E-state index contributed by atoms with van der Waals surface area (Å²) in [7, 11) is 0. The molecule has 2 N–H and O–H groups in total. The smallest absolute Gasteiger partial charge is 0.408 e. The van der Waals surface area contributed by atoms with Gasteiger partial charge in [-0.1, -0.05) is 42.5 Å². The molecule has 9 nitrogen and oxygen atoms in total. The number of hydrogen-bond acceptors (Lipinski definition) is 7. The number of esters is 1. The van der Waals surface area contributed by atoms with Crippen molar-refractivity contribution in [1.82, 2.24) is 5.32 Å². The highest BCUT2D eigenvalue weighted by Crippen LogP contribution is 2.31. The van der Waals surface area contributed by atoms with Crippen LogP contribution in [0.1, 0.15) is 83.8 Å². The van der Waals surface area contributed by atoms with Crippen molar-refractivity contribution in [2.45, 2.75) is 98.2 Å². The summed E-state index contributed by atoms with van der Waals surface area (Å²) in [5, 5.41) is 5.58. The van der Waals surface area contributed by atoms with E-state index in [1.165, 1.54) is 0 Å². The normalized spacial score (nSPS) is 12.5. The molecular weight excluding hydrogens is 572 g/mol. The summed E-state index contributed by atoms with van der Waals surface area (Å²) >= 11 is 0. The molecule has 0 fully saturated rings. The maximum atomic E-state index is 13.7. The second-order valence-corrected chi connectivity index (χ2v) is 13.7. The van der Waals surface area contributed by atoms with Crippen molar-refractivity contribution < 1.29 is 33.3 Å². The number of ether oxygens (including phenoxy) is 4. The maximum Gasteiger partial charge on any atom is 0.408 e. The fourth-order valence-corrected chi connectivity index (χ4v) is 4.08. The van der Waals surface area contributed by atoms with Crippen molar-refractivity contribution in [3.8, 4) is 11.5 Å². The molecule has 0 aliphatic carbocycles. The van der Waals surface area contributed by atoms with Crippen LogP contribution in [0.2, 0.25) is 0 Å². The minimum absolute atomic E-state index is 0.176. The summed E-state index contributed by atoms with van der Waals surface area (Å²) in [6, 6.07) is 20.9. The van der Waals surface area contributed by atoms with E-state index in [1.54, 1.807) is 59.7 Å². The van der Waals surface area contributed by atoms with Crippen molar-refractivity contribution in [2.24, 2.45) is 0 Å². The van der Waals surface area contributed by atoms with Gasteiger partial charge in [0.05, 0.1) is 11.3 Å². The first-order valence-corrected chi connectivity index (χ1v) is 15.0. The maximum absolute atomic E-state index is 13.7. The Morgan fingerprint density at radius 3 is 1.91 bits per heavy atom. The molecular formula is C36H46N2O7. The Morgan fingerprint density at radius 1 is 0.711 bits per heavy atom. The van der Waals surface area contributed by atoms with Crippen LogP contribution in [0.25, 0.3) is 0 Å². The molecule has 0 saturated carbocycles. The first-order chi connectivity index (χ1) is 20.9. The van der Waals surface area contributed by atoms with E-state index in [9.17, 15) is 14.4 Å². The number of nitrogens with one attached hydrogen (secondary N) is 2. The van der Waals surface area contributed by atoms with Gasteiger partial charge in [0.15, 0.2) is 0 Å². The second-order valence-electron chi connectivity index (χ2n) is 13.7. The molecule has 3 aromatic rings. The Morgan fingerprint density at radius 2 is 1.33 bits per heavy atom. The Kier molecular flexibility index (Phi) is 11.3. The molecule has 1 unspecified atom stereocenters. The van der Waals surface area contributed by atoms with Gasteiger partial charge in [-0.2, -0.15) is 0 Å². The van der Waals surface area contributed by atoms with E-state index >= 15 is 0 Å². The Hall–Kier alpha value is -4.53. The highest BCUT2D eigenvalue weighted by Gasteiger charge is 2.27. The lowest BCUT2D eigenvalue weighted by atomic mass is 10.0. The summed E-state index contributed by atoms with van der Waals surface area (Å²) in [4.78, 5) is 39.2. The van der Waals surface area contributed by atoms with E-state index in [4.69, 9.17) is 18.9 Å². The monoisotopic (exact) mass is 618 g/mol. The van der Waals surface area contributed by atoms with Crippen LogP contribution in [0.15, 0.2) is 72.8 Å². The van der Waals surface area contributed by atoms with Crippen LogP contribution in [-0.2, 0) is 27.3 Å². The van der Waals surface area contributed by atoms with Gasteiger partial charge in [0.2, 0.25) is 5.91 Å². The van der Waals surface area contributed by atoms with Gasteiger partial charge in [-0.05, 0) is 104 Å². The molecule has 3 rings (SSSR count). The van der Waals surface area contributed by atoms with Gasteiger partial charge >= 0.3 is 12.1 Å². The molecule has 2 amide bonds. The van der Waals surface area contributed by atoms with Gasteiger partial charge in [0.1, 0.15) is 41.0 Å². The van der Waals surface area contributed by atoms with Crippen LogP contribution in [0.5, 0.6) is 11.5 Å². The lowest BCUT2D eigenvalue weighted by Crippen LogP contribution is -2.47. The van der Waals surface area contributed by atoms with Gasteiger partial charge in [-0.15, -0.1) is 0 Å². The van der Waals surface area contributed by atoms with Crippen LogP contribution in [-0.4, -0.2) is 40.8 Å². The standard InChI is InChI=1S/C36H46N2O7/c1-34(2,3)43-30-22-26(32(40)44-35(4,5)6)17-20-28(30)37-31(39)29(38-33(41)45-36(7,8)9)21-24-15-18-27(19-16-24)42-23-25-13-11-10-12-14-25/h10-20,22,29H,21,23H2,1-9H3,(H,37,39)(H,38,41). The predicted octanol–water partition coefficient (Wildman–Crippen LogP) is 7.47. The van der Waals surface area contributed by atoms with Gasteiger partial charge in [0, 0.05) is 6.42 Å². The molecule has 0 bridgehead atoms. The van der Waals surface area contributed by atoms with Gasteiger partial charge in [-0.25, -0.2) is 9.59 Å². The minimum Gasteiger partial charge on any atom is -0.489 e. The number of benzene rings is 3. The molecule has 0 aliphatic heterocycles. The van der Waals surface area contributed by atoms with E-state index < -0.39 is 40.8 Å². The zero-order chi connectivity index (χ0) is 33.4. The van der Waals surface area contributed by atoms with E-state index in [0.29, 0.717) is 18.0 Å². The number of carbonyl (C=O) groups is 3. The summed E-state index contributed by atoms with van der Waals surface area (Å²) in [6.45, 7) is 16.6. The molecule has 242 valence electrons. The first kappa shape index (κ1) is 35.0. The highest BCUT2D eigenvalue weighted by molar-refractivity contribution is 5.99. The van der Waals surface area contributed by atoms with Crippen LogP contribution in [0.3, 0.4) is 0 Å². The predicted molar refractivity (Wildman–Crippen MR) is 175 cm³/mol. The second kappa shape index (κ2) is 14.5. The Balaban J connectivity index is 1.83. The third-order valence-corrected chi connectivity index (χ3v) is 5.91. The third-order valence-electron chi connectivity index (χ3n) is 5.91. The number of alkyl carbamates (subject to hydrolysis) is 1. The van der Waals surface area contributed by atoms with E-state index in [-0.39, 0.29) is 17.7 Å². The molecule has 9 heteroatoms. The van der Waals surface area contributed by atoms with E-state index in [0.717, 1.165) is 11.1 Å². The van der Waals surface area contributed by atoms with Crippen LogP contribution < -0.4 is 20.1 Å². The third kappa shape index (κ3) is 12.5. The number of amides is 2. The van der Waals surface area contributed by atoms with Crippen LogP contribution >= 0.6 is 0 Å². The lowest BCUT2D eigenvalue weighted by molar-refractivity contribution is -0.118. The molecule has 0 aliphatic rings. The SMILES string of the molecule is CC(C)(C)OC(=O)NC(Cc1ccc(OCc2ccccc2)cc1)C(=O)Nc1ccc(C(=O)OC(C)(C)C)cc1OC(C)(C)C. The summed E-state index contributed by atoms with van der Waals surface area (Å²) in [6.07, 6.45) is -0.549. The molecule has 1 atom stereocenters. The quantitative estimate of drug-likeness (QED) is 0.227. The molecule has 0 heterocycles. The molecule has 0 aromatic heterocycles. The molecule has 3 aromatic carbocycles. The zero-order valence-corrected chi connectivity index (χ0v) is 27.8. The topological polar surface area (TPSA) is 112 Å². The Bertz CT molecular complexity index is 1450. The molecule has 45 heavy (non-hydrogen) atoms. The van der Waals surface area contributed by atoms with Crippen LogP contribution in [0, 0.1) is 0 Å². The number of carbonyl (C=O) groups excluding carboxylic acids is 3. The van der Waals surface area contributed by atoms with Gasteiger partial charge in [0.25, 0.3) is 0 Å². The van der Waals surface area contributed by atoms with E-state index in [2.05, 4.69) is 10.6 Å². The largest absolute Gasteiger partial charge is 0.489 e. The average molecular weight is 619 g/mol. The van der Waals surface area contributed by atoms with Crippen molar-refractivity contribution >= 4 is 23.7 Å². The summed E-state index contributed by atoms with van der Waals surface area (Å²) in [5.41, 5.74) is 0.391. The lowest BCUT2D eigenvalue weighted by Gasteiger charge is -2.26. The highest BCUT2D eigenvalue weighted by atomic mass is 16.6. The number of hydrogen-bond donors (Lipinski definition) is 2. The number of rotatable bonds is 10. The van der Waals surface area contributed by atoms with E-state index in [1.807, 2.05) is 75.4 Å². The average Bonchev–Trinajstić information content (AvgIpc) is 2.91. The summed E-state index contributed by atoms with van der Waals surface area (Å²) < 4.78 is 23.0. The van der Waals surface area contributed by atoms with Crippen molar-refractivity contribution in [1.29, 1.82) is 0 Å². The van der Waals surface area contributed by atoms with Gasteiger partial charge < -0.3 is 29.6 Å². The number of anilines is 1. The van der Waals surface area contributed by atoms with Gasteiger partial charge in [-0.3, -0.25) is 4.79 Å². The Labute approximate surface area is 266 Å². The van der Waals surface area contributed by atoms with Crippen molar-refractivity contribution in [2.75, 3.05) is 5.32 Å². The summed E-state index contributed by atoms with van der Waals surface area (Å²) in [5.74, 6) is -0.0401. The van der Waals surface area contributed by atoms with Crippen LogP contribution in [0.4, 0.5) is 10.5 Å². The van der Waals surface area contributed by atoms with Crippen molar-refractivity contribution in [3.05, 3.63) is 89.5 Å². The molecule has 0 radical (unpaired) electrons. The molecule has 0 saturated heterocycles. The fourth-order valence-electron chi connectivity index (χ4n) is 4.08. The van der Waals surface area contributed by atoms with Crippen molar-refractivity contribution in [3.63, 3.8) is 0 Å². The zero-order valence-electron chi connectivity index (χ0n) is 27.8. The first-order valence-electron chi connectivity index (χ1n) is 15.0. The molecule has 0 spiro atoms.